The molecule has 0 amide bonds. The van der Waals surface area contributed by atoms with Gasteiger partial charge >= 0.3 is 6.18 Å². The zero-order chi connectivity index (χ0) is 22.6. The van der Waals surface area contributed by atoms with Crippen LogP contribution < -0.4 is 10.6 Å². The lowest BCUT2D eigenvalue weighted by atomic mass is 10.2. The smallest absolute Gasteiger partial charge is 0.366 e. The van der Waals surface area contributed by atoms with Crippen molar-refractivity contribution in [2.45, 2.75) is 25.7 Å². The zero-order valence-corrected chi connectivity index (χ0v) is 17.2. The molecule has 1 aromatic carbocycles. The summed E-state index contributed by atoms with van der Waals surface area (Å²) < 4.78 is 37.9. The van der Waals surface area contributed by atoms with Crippen molar-refractivity contribution in [3.63, 3.8) is 0 Å². The van der Waals surface area contributed by atoms with Crippen LogP contribution in [0.5, 0.6) is 0 Å². The van der Waals surface area contributed by atoms with Gasteiger partial charge in [0.1, 0.15) is 11.5 Å². The summed E-state index contributed by atoms with van der Waals surface area (Å²) in [5.74, 6) is 1.08. The molecule has 0 aliphatic heterocycles. The number of nitrogens with one attached hydrogen (secondary N) is 4. The molecule has 4 rings (SSSR count). The average molecular weight is 441 g/mol. The second-order valence-electron chi connectivity index (χ2n) is 7.39. The van der Waals surface area contributed by atoms with Gasteiger partial charge in [-0.25, -0.2) is 9.97 Å². The highest BCUT2D eigenvalue weighted by Crippen LogP contribution is 2.29. The molecule has 0 radical (unpaired) electrons. The normalized spacial score (nSPS) is 12.6. The minimum atomic E-state index is -4.39. The molecule has 7 nitrogen and oxygen atoms in total. The quantitative estimate of drug-likeness (QED) is 0.324. The maximum Gasteiger partial charge on any atom is 0.417 e. The second kappa shape index (κ2) is 9.23. The molecule has 166 valence electrons. The number of pyridine rings is 1. The molecular formula is C22H22F3N7. The van der Waals surface area contributed by atoms with Gasteiger partial charge in [0.05, 0.1) is 23.7 Å². The Morgan fingerprint density at radius 2 is 1.81 bits per heavy atom. The van der Waals surface area contributed by atoms with Crippen molar-refractivity contribution in [2.75, 3.05) is 11.9 Å². The largest absolute Gasteiger partial charge is 0.417 e. The molecule has 4 aromatic rings. The summed E-state index contributed by atoms with van der Waals surface area (Å²) in [4.78, 5) is 11.6. The maximum absolute atomic E-state index is 12.6. The van der Waals surface area contributed by atoms with E-state index in [1.165, 1.54) is 6.07 Å². The molecule has 3 heterocycles. The highest BCUT2D eigenvalue weighted by atomic mass is 19.4. The molecule has 4 N–H and O–H groups in total. The molecular weight excluding hydrogens is 419 g/mol. The fraction of sp³-hybridized carbons (Fsp3) is 0.227. The molecule has 0 aliphatic carbocycles. The monoisotopic (exact) mass is 441 g/mol. The summed E-state index contributed by atoms with van der Waals surface area (Å²) >= 11 is 0. The number of hydrogen-bond acceptors (Lipinski definition) is 5. The SMILES string of the molecule is C[C@H](CNCc1cn[nH]c1-c1ncc(-c2ccccc2)[nH]1)Nc1ccc(C(F)(F)F)cn1. The minimum Gasteiger partial charge on any atom is -0.366 e. The van der Waals surface area contributed by atoms with Crippen molar-refractivity contribution in [3.05, 3.63) is 72.2 Å². The molecule has 10 heteroatoms. The summed E-state index contributed by atoms with van der Waals surface area (Å²) in [6.45, 7) is 3.03. The van der Waals surface area contributed by atoms with Crippen LogP contribution in [0.25, 0.3) is 22.8 Å². The standard InChI is InChI=1S/C22H22F3N7/c1-14(30-19-8-7-17(12-27-19)22(23,24)25)9-26-10-16-11-29-32-20(16)21-28-13-18(31-21)15-5-3-2-4-6-15/h2-8,11-14,26H,9-10H2,1H3,(H,27,30)(H,28,31)(H,29,32)/t14-/m1/s1. The first-order chi connectivity index (χ1) is 15.4. The van der Waals surface area contributed by atoms with Crippen molar-refractivity contribution < 1.29 is 13.2 Å². The van der Waals surface area contributed by atoms with Crippen LogP contribution in [-0.4, -0.2) is 37.7 Å². The van der Waals surface area contributed by atoms with E-state index in [0.717, 1.165) is 34.8 Å². The molecule has 1 atom stereocenters. The van der Waals surface area contributed by atoms with E-state index in [0.29, 0.717) is 24.7 Å². The summed E-state index contributed by atoms with van der Waals surface area (Å²) in [5.41, 5.74) is 2.93. The third-order valence-electron chi connectivity index (χ3n) is 4.87. The van der Waals surface area contributed by atoms with E-state index in [2.05, 4.69) is 35.8 Å². The number of H-pyrrole nitrogens is 2. The van der Waals surface area contributed by atoms with E-state index in [1.807, 2.05) is 37.3 Å². The third kappa shape index (κ3) is 5.14. The van der Waals surface area contributed by atoms with Gasteiger partial charge in [-0.2, -0.15) is 18.3 Å². The zero-order valence-electron chi connectivity index (χ0n) is 17.2. The Labute approximate surface area is 182 Å². The number of hydrogen-bond donors (Lipinski definition) is 4. The van der Waals surface area contributed by atoms with E-state index in [4.69, 9.17) is 0 Å². The van der Waals surface area contributed by atoms with E-state index >= 15 is 0 Å². The van der Waals surface area contributed by atoms with E-state index in [1.54, 1.807) is 12.4 Å². The average Bonchev–Trinajstić information content (AvgIpc) is 3.43. The molecule has 0 unspecified atom stereocenters. The topological polar surface area (TPSA) is 94.3 Å². The molecule has 0 bridgehead atoms. The van der Waals surface area contributed by atoms with Gasteiger partial charge in [-0.3, -0.25) is 5.10 Å². The van der Waals surface area contributed by atoms with E-state index in [9.17, 15) is 13.2 Å². The number of aromatic amines is 2. The first-order valence-electron chi connectivity index (χ1n) is 10.0. The number of benzene rings is 1. The van der Waals surface area contributed by atoms with Crippen molar-refractivity contribution in [1.29, 1.82) is 0 Å². The molecule has 0 aliphatic rings. The maximum atomic E-state index is 12.6. The van der Waals surface area contributed by atoms with E-state index in [-0.39, 0.29) is 6.04 Å². The van der Waals surface area contributed by atoms with Gasteiger partial charge in [-0.1, -0.05) is 30.3 Å². The summed E-state index contributed by atoms with van der Waals surface area (Å²) in [6, 6.07) is 12.2. The van der Waals surface area contributed by atoms with Crippen LogP contribution in [0.3, 0.4) is 0 Å². The number of rotatable bonds is 8. The van der Waals surface area contributed by atoms with Gasteiger partial charge in [-0.05, 0) is 24.6 Å². The Balaban J connectivity index is 1.32. The predicted octanol–water partition coefficient (Wildman–Crippen LogP) is 4.47. The lowest BCUT2D eigenvalue weighted by Gasteiger charge is -2.16. The van der Waals surface area contributed by atoms with Crippen LogP contribution in [-0.2, 0) is 12.7 Å². The van der Waals surface area contributed by atoms with Crippen LogP contribution >= 0.6 is 0 Å². The molecule has 32 heavy (non-hydrogen) atoms. The van der Waals surface area contributed by atoms with Crippen LogP contribution in [0.4, 0.5) is 19.0 Å². The van der Waals surface area contributed by atoms with Crippen molar-refractivity contribution in [3.8, 4) is 22.8 Å². The molecule has 0 spiro atoms. The first kappa shape index (κ1) is 21.6. The highest BCUT2D eigenvalue weighted by molar-refractivity contribution is 5.63. The highest BCUT2D eigenvalue weighted by Gasteiger charge is 2.30. The molecule has 0 saturated heterocycles. The van der Waals surface area contributed by atoms with Crippen LogP contribution in [0.15, 0.2) is 61.1 Å². The van der Waals surface area contributed by atoms with Crippen molar-refractivity contribution >= 4 is 5.82 Å². The Bertz CT molecular complexity index is 1130. The van der Waals surface area contributed by atoms with Gasteiger partial charge < -0.3 is 15.6 Å². The van der Waals surface area contributed by atoms with Crippen LogP contribution in [0, 0.1) is 0 Å². The molecule has 0 fully saturated rings. The Kier molecular flexibility index (Phi) is 6.22. The Morgan fingerprint density at radius 1 is 1.00 bits per heavy atom. The van der Waals surface area contributed by atoms with Crippen molar-refractivity contribution in [2.24, 2.45) is 0 Å². The van der Waals surface area contributed by atoms with Gasteiger partial charge in [-0.15, -0.1) is 0 Å². The van der Waals surface area contributed by atoms with Crippen LogP contribution in [0.1, 0.15) is 18.1 Å². The number of aromatic nitrogens is 5. The first-order valence-corrected chi connectivity index (χ1v) is 10.0. The van der Waals surface area contributed by atoms with Gasteiger partial charge in [0.2, 0.25) is 0 Å². The minimum absolute atomic E-state index is 0.0529. The Hall–Kier alpha value is -3.66. The van der Waals surface area contributed by atoms with Gasteiger partial charge in [0.15, 0.2) is 5.82 Å². The number of imidazole rings is 1. The summed E-state index contributed by atoms with van der Waals surface area (Å²) in [7, 11) is 0. The lowest BCUT2D eigenvalue weighted by Crippen LogP contribution is -2.30. The fourth-order valence-corrected chi connectivity index (χ4v) is 3.24. The second-order valence-corrected chi connectivity index (χ2v) is 7.39. The summed E-state index contributed by atoms with van der Waals surface area (Å²) in [6.07, 6.45) is -0.0432. The number of alkyl halides is 3. The van der Waals surface area contributed by atoms with E-state index < -0.39 is 11.7 Å². The van der Waals surface area contributed by atoms with Crippen LogP contribution in [0.2, 0.25) is 0 Å². The summed E-state index contributed by atoms with van der Waals surface area (Å²) in [5, 5.41) is 13.5. The third-order valence-corrected chi connectivity index (χ3v) is 4.87. The number of nitrogens with zero attached hydrogens (tertiary/aromatic N) is 3. The van der Waals surface area contributed by atoms with Crippen molar-refractivity contribution in [1.82, 2.24) is 30.5 Å². The lowest BCUT2D eigenvalue weighted by molar-refractivity contribution is -0.137. The Morgan fingerprint density at radius 3 is 2.53 bits per heavy atom. The molecule has 0 saturated carbocycles. The fourth-order valence-electron chi connectivity index (χ4n) is 3.24. The molecule has 3 aromatic heterocycles. The van der Waals surface area contributed by atoms with Gasteiger partial charge in [0.25, 0.3) is 0 Å². The predicted molar refractivity (Wildman–Crippen MR) is 116 cm³/mol. The number of anilines is 1. The van der Waals surface area contributed by atoms with Gasteiger partial charge in [0, 0.05) is 30.9 Å². The number of halogens is 3.